The number of hydrogen-bond acceptors (Lipinski definition) is 2. The van der Waals surface area contributed by atoms with Crippen LogP contribution in [0.25, 0.3) is 0 Å². The maximum absolute atomic E-state index is 5.93. The van der Waals surface area contributed by atoms with Gasteiger partial charge in [-0.05, 0) is 48.2 Å². The van der Waals surface area contributed by atoms with Crippen molar-refractivity contribution in [2.75, 3.05) is 6.54 Å². The number of halogens is 1. The van der Waals surface area contributed by atoms with Crippen molar-refractivity contribution < 1.29 is 0 Å². The Morgan fingerprint density at radius 3 is 2.47 bits per heavy atom. The van der Waals surface area contributed by atoms with Gasteiger partial charge in [-0.1, -0.05) is 30.7 Å². The number of rotatable bonds is 4. The van der Waals surface area contributed by atoms with Crippen LogP contribution in [0.15, 0.2) is 35.7 Å². The van der Waals surface area contributed by atoms with Crippen LogP contribution in [0.2, 0.25) is 5.02 Å². The van der Waals surface area contributed by atoms with Crippen LogP contribution in [0.1, 0.15) is 29.0 Å². The van der Waals surface area contributed by atoms with Gasteiger partial charge in [-0.2, -0.15) is 0 Å². The molecule has 0 aliphatic rings. The molecule has 0 saturated carbocycles. The highest BCUT2D eigenvalue weighted by molar-refractivity contribution is 7.10. The maximum Gasteiger partial charge on any atom is 0.0584 e. The van der Waals surface area contributed by atoms with Crippen LogP contribution < -0.4 is 5.32 Å². The molecule has 0 radical (unpaired) electrons. The molecule has 1 unspecified atom stereocenters. The average Bonchev–Trinajstić information content (AvgIpc) is 2.74. The summed E-state index contributed by atoms with van der Waals surface area (Å²) in [4.78, 5) is 1.34. The van der Waals surface area contributed by atoms with Crippen molar-refractivity contribution in [1.29, 1.82) is 0 Å². The maximum atomic E-state index is 5.93. The van der Waals surface area contributed by atoms with Crippen LogP contribution in [-0.2, 0) is 0 Å². The highest BCUT2D eigenvalue weighted by atomic mass is 35.5. The van der Waals surface area contributed by atoms with E-state index in [-0.39, 0.29) is 6.04 Å². The van der Waals surface area contributed by atoms with Crippen LogP contribution in [0.3, 0.4) is 0 Å². The first kappa shape index (κ1) is 12.6. The average molecular weight is 266 g/mol. The SMILES string of the molecule is CCNC(c1ccc(Cl)cc1)c1csc(C)c1. The lowest BCUT2D eigenvalue weighted by Crippen LogP contribution is -2.21. The standard InChI is InChI=1S/C14H16ClNS/c1-3-16-14(12-8-10(2)17-9-12)11-4-6-13(15)7-5-11/h4-9,14,16H,3H2,1-2H3. The van der Waals surface area contributed by atoms with Gasteiger partial charge in [0.25, 0.3) is 0 Å². The molecule has 0 bridgehead atoms. The highest BCUT2D eigenvalue weighted by Gasteiger charge is 2.13. The molecule has 1 heterocycles. The normalized spacial score (nSPS) is 12.6. The first-order valence-corrected chi connectivity index (χ1v) is 7.00. The largest absolute Gasteiger partial charge is 0.307 e. The van der Waals surface area contributed by atoms with Crippen LogP contribution in [0.5, 0.6) is 0 Å². The zero-order chi connectivity index (χ0) is 12.3. The van der Waals surface area contributed by atoms with Gasteiger partial charge < -0.3 is 5.32 Å². The summed E-state index contributed by atoms with van der Waals surface area (Å²) in [7, 11) is 0. The van der Waals surface area contributed by atoms with Crippen molar-refractivity contribution in [1.82, 2.24) is 5.32 Å². The molecule has 1 N–H and O–H groups in total. The molecule has 17 heavy (non-hydrogen) atoms. The summed E-state index contributed by atoms with van der Waals surface area (Å²) in [6.07, 6.45) is 0. The number of thiophene rings is 1. The van der Waals surface area contributed by atoms with Gasteiger partial charge in [-0.3, -0.25) is 0 Å². The third-order valence-corrected chi connectivity index (χ3v) is 3.83. The summed E-state index contributed by atoms with van der Waals surface area (Å²) < 4.78 is 0. The second-order valence-electron chi connectivity index (χ2n) is 4.03. The van der Waals surface area contributed by atoms with Crippen LogP contribution in [-0.4, -0.2) is 6.54 Å². The fraction of sp³-hybridized carbons (Fsp3) is 0.286. The number of nitrogens with one attached hydrogen (secondary N) is 1. The predicted octanol–water partition coefficient (Wildman–Crippen LogP) is 4.41. The van der Waals surface area contributed by atoms with Gasteiger partial charge in [0, 0.05) is 9.90 Å². The van der Waals surface area contributed by atoms with Crippen molar-refractivity contribution in [2.45, 2.75) is 19.9 Å². The third-order valence-electron chi connectivity index (χ3n) is 2.70. The first-order valence-electron chi connectivity index (χ1n) is 5.74. The second kappa shape index (κ2) is 5.67. The Labute approximate surface area is 111 Å². The van der Waals surface area contributed by atoms with Crippen LogP contribution in [0.4, 0.5) is 0 Å². The molecule has 0 spiro atoms. The van der Waals surface area contributed by atoms with E-state index in [0.29, 0.717) is 0 Å². The Hall–Kier alpha value is -0.830. The molecular formula is C14H16ClNS. The molecule has 3 heteroatoms. The molecule has 1 aromatic carbocycles. The summed E-state index contributed by atoms with van der Waals surface area (Å²) in [6.45, 7) is 5.21. The van der Waals surface area contributed by atoms with Crippen LogP contribution in [0, 0.1) is 6.92 Å². The third kappa shape index (κ3) is 3.09. The van der Waals surface area contributed by atoms with Gasteiger partial charge in [-0.15, -0.1) is 11.3 Å². The molecule has 2 aromatic rings. The van der Waals surface area contributed by atoms with Gasteiger partial charge >= 0.3 is 0 Å². The Balaban J connectivity index is 2.31. The zero-order valence-corrected chi connectivity index (χ0v) is 11.6. The fourth-order valence-electron chi connectivity index (χ4n) is 1.90. The molecule has 90 valence electrons. The van der Waals surface area contributed by atoms with Crippen LogP contribution >= 0.6 is 22.9 Å². The Bertz CT molecular complexity index is 475. The first-order chi connectivity index (χ1) is 8.20. The van der Waals surface area contributed by atoms with E-state index in [2.05, 4.69) is 42.7 Å². The van der Waals surface area contributed by atoms with E-state index < -0.39 is 0 Å². The van der Waals surface area contributed by atoms with E-state index >= 15 is 0 Å². The molecule has 0 saturated heterocycles. The van der Waals surface area contributed by atoms with E-state index in [1.165, 1.54) is 16.0 Å². The van der Waals surface area contributed by atoms with Gasteiger partial charge in [0.05, 0.1) is 6.04 Å². The van der Waals surface area contributed by atoms with Gasteiger partial charge in [0.2, 0.25) is 0 Å². The minimum atomic E-state index is 0.266. The smallest absolute Gasteiger partial charge is 0.0584 e. The summed E-state index contributed by atoms with van der Waals surface area (Å²) in [5.74, 6) is 0. The monoisotopic (exact) mass is 265 g/mol. The molecule has 0 aliphatic heterocycles. The summed E-state index contributed by atoms with van der Waals surface area (Å²) >= 11 is 7.72. The van der Waals surface area contributed by atoms with Crippen molar-refractivity contribution in [3.8, 4) is 0 Å². The molecule has 0 amide bonds. The number of aryl methyl sites for hydroxylation is 1. The van der Waals surface area contributed by atoms with Gasteiger partial charge in [0.1, 0.15) is 0 Å². The van der Waals surface area contributed by atoms with E-state index in [1.807, 2.05) is 12.1 Å². The molecule has 2 rings (SSSR count). The lowest BCUT2D eigenvalue weighted by molar-refractivity contribution is 0.632. The minimum absolute atomic E-state index is 0.266. The fourth-order valence-corrected chi connectivity index (χ4v) is 2.76. The lowest BCUT2D eigenvalue weighted by Gasteiger charge is -2.17. The Morgan fingerprint density at radius 1 is 1.24 bits per heavy atom. The molecule has 0 aliphatic carbocycles. The summed E-state index contributed by atoms with van der Waals surface area (Å²) in [5.41, 5.74) is 2.59. The lowest BCUT2D eigenvalue weighted by atomic mass is 10.0. The van der Waals surface area contributed by atoms with Crippen molar-refractivity contribution in [2.24, 2.45) is 0 Å². The Kier molecular flexibility index (Phi) is 4.21. The summed E-state index contributed by atoms with van der Waals surface area (Å²) in [6, 6.07) is 10.6. The molecular weight excluding hydrogens is 250 g/mol. The quantitative estimate of drug-likeness (QED) is 0.864. The highest BCUT2D eigenvalue weighted by Crippen LogP contribution is 2.27. The molecule has 1 aromatic heterocycles. The minimum Gasteiger partial charge on any atom is -0.307 e. The van der Waals surface area contributed by atoms with Crippen molar-refractivity contribution in [3.05, 3.63) is 56.7 Å². The van der Waals surface area contributed by atoms with E-state index in [1.54, 1.807) is 11.3 Å². The van der Waals surface area contributed by atoms with Gasteiger partial charge in [0.15, 0.2) is 0 Å². The van der Waals surface area contributed by atoms with Gasteiger partial charge in [-0.25, -0.2) is 0 Å². The predicted molar refractivity (Wildman–Crippen MR) is 76.0 cm³/mol. The molecule has 1 atom stereocenters. The van der Waals surface area contributed by atoms with E-state index in [4.69, 9.17) is 11.6 Å². The zero-order valence-electron chi connectivity index (χ0n) is 10.0. The van der Waals surface area contributed by atoms with Crippen molar-refractivity contribution in [3.63, 3.8) is 0 Å². The van der Waals surface area contributed by atoms with Crippen molar-refractivity contribution >= 4 is 22.9 Å². The summed E-state index contributed by atoms with van der Waals surface area (Å²) in [5, 5.41) is 6.51. The van der Waals surface area contributed by atoms with E-state index in [9.17, 15) is 0 Å². The molecule has 0 fully saturated rings. The number of benzene rings is 1. The Morgan fingerprint density at radius 2 is 1.94 bits per heavy atom. The van der Waals surface area contributed by atoms with E-state index in [0.717, 1.165) is 11.6 Å². The molecule has 1 nitrogen and oxygen atoms in total. The topological polar surface area (TPSA) is 12.0 Å². The number of hydrogen-bond donors (Lipinski definition) is 1. The second-order valence-corrected chi connectivity index (χ2v) is 5.58.